The Labute approximate surface area is 136 Å². The second kappa shape index (κ2) is 7.24. The van der Waals surface area contributed by atoms with Gasteiger partial charge in [-0.1, -0.05) is 11.2 Å². The van der Waals surface area contributed by atoms with Crippen LogP contribution in [0.15, 0.2) is 34.9 Å². The van der Waals surface area contributed by atoms with Crippen LogP contribution in [0.25, 0.3) is 0 Å². The summed E-state index contributed by atoms with van der Waals surface area (Å²) in [5, 5.41) is 9.05. The predicted octanol–water partition coefficient (Wildman–Crippen LogP) is 3.36. The van der Waals surface area contributed by atoms with Gasteiger partial charge in [0.1, 0.15) is 11.8 Å². The minimum atomic E-state index is -4.41. The van der Waals surface area contributed by atoms with Gasteiger partial charge in [0, 0.05) is 17.8 Å². The fourth-order valence-corrected chi connectivity index (χ4v) is 1.81. The Morgan fingerprint density at radius 2 is 2.12 bits per heavy atom. The predicted molar refractivity (Wildman–Crippen MR) is 80.9 cm³/mol. The summed E-state index contributed by atoms with van der Waals surface area (Å²) >= 11 is 0. The highest BCUT2D eigenvalue weighted by molar-refractivity contribution is 5.95. The molecule has 0 saturated heterocycles. The number of hydrogen-bond acceptors (Lipinski definition) is 5. The smallest absolute Gasteiger partial charge is 0.422 e. The van der Waals surface area contributed by atoms with Crippen molar-refractivity contribution in [2.45, 2.75) is 26.1 Å². The number of alkyl halides is 3. The number of ether oxygens (including phenoxy) is 1. The van der Waals surface area contributed by atoms with Crippen molar-refractivity contribution in [1.82, 2.24) is 5.16 Å². The summed E-state index contributed by atoms with van der Waals surface area (Å²) in [7, 11) is 0. The van der Waals surface area contributed by atoms with Crippen LogP contribution in [0.1, 0.15) is 12.6 Å². The van der Waals surface area contributed by atoms with E-state index in [4.69, 9.17) is 4.52 Å². The van der Waals surface area contributed by atoms with Crippen molar-refractivity contribution in [1.29, 1.82) is 0 Å². The molecule has 0 radical (unpaired) electrons. The van der Waals surface area contributed by atoms with Crippen molar-refractivity contribution < 1.29 is 27.2 Å². The van der Waals surface area contributed by atoms with Gasteiger partial charge >= 0.3 is 6.18 Å². The Kier molecular flexibility index (Phi) is 5.32. The van der Waals surface area contributed by atoms with Crippen molar-refractivity contribution >= 4 is 17.5 Å². The maximum atomic E-state index is 12.2. The Morgan fingerprint density at radius 1 is 1.38 bits per heavy atom. The highest BCUT2D eigenvalue weighted by Gasteiger charge is 2.28. The molecule has 1 unspecified atom stereocenters. The fourth-order valence-electron chi connectivity index (χ4n) is 1.81. The number of amides is 1. The zero-order valence-corrected chi connectivity index (χ0v) is 13.0. The molecule has 130 valence electrons. The Morgan fingerprint density at radius 3 is 2.75 bits per heavy atom. The van der Waals surface area contributed by atoms with E-state index in [0.29, 0.717) is 11.4 Å². The molecule has 1 aromatic carbocycles. The second-order valence-corrected chi connectivity index (χ2v) is 5.12. The summed E-state index contributed by atoms with van der Waals surface area (Å²) in [5.74, 6) is -0.114. The van der Waals surface area contributed by atoms with Crippen molar-refractivity contribution in [3.05, 3.63) is 36.0 Å². The van der Waals surface area contributed by atoms with Gasteiger partial charge in [0.25, 0.3) is 0 Å². The number of carbonyl (C=O) groups is 1. The lowest BCUT2D eigenvalue weighted by Gasteiger charge is -2.15. The maximum absolute atomic E-state index is 12.2. The summed E-state index contributed by atoms with van der Waals surface area (Å²) in [6, 6.07) is 6.83. The molecule has 0 spiro atoms. The first-order valence-corrected chi connectivity index (χ1v) is 7.03. The molecule has 1 aromatic heterocycles. The number of carbonyl (C=O) groups excluding carboxylic acids is 1. The summed E-state index contributed by atoms with van der Waals surface area (Å²) < 4.78 is 46.0. The number of nitrogens with zero attached hydrogens (tertiary/aromatic N) is 1. The van der Waals surface area contributed by atoms with E-state index in [1.165, 1.54) is 18.2 Å². The van der Waals surface area contributed by atoms with E-state index in [0.717, 1.165) is 0 Å². The largest absolute Gasteiger partial charge is 0.484 e. The van der Waals surface area contributed by atoms with E-state index in [2.05, 4.69) is 20.5 Å². The first kappa shape index (κ1) is 17.6. The van der Waals surface area contributed by atoms with Crippen LogP contribution in [0.2, 0.25) is 0 Å². The number of benzene rings is 1. The Balaban J connectivity index is 1.93. The number of halogens is 3. The lowest BCUT2D eigenvalue weighted by Crippen LogP contribution is -2.31. The standard InChI is InChI=1S/C15H16F3N3O3/c1-9-6-13(24-21-9)20-14(22)10(2)19-11-4-3-5-12(7-11)23-8-15(16,17)18/h3-7,10,19H,8H2,1-2H3,(H,20,22). The number of rotatable bonds is 6. The van der Waals surface area contributed by atoms with Crippen LogP contribution in [0, 0.1) is 6.92 Å². The number of aryl methyl sites for hydroxylation is 1. The van der Waals surface area contributed by atoms with E-state index in [9.17, 15) is 18.0 Å². The van der Waals surface area contributed by atoms with Gasteiger partial charge in [-0.3, -0.25) is 10.1 Å². The van der Waals surface area contributed by atoms with Gasteiger partial charge in [-0.15, -0.1) is 0 Å². The molecule has 0 saturated carbocycles. The molecule has 0 bridgehead atoms. The van der Waals surface area contributed by atoms with Crippen molar-refractivity contribution in [3.8, 4) is 5.75 Å². The average Bonchev–Trinajstić information content (AvgIpc) is 2.90. The molecule has 1 heterocycles. The number of hydrogen-bond donors (Lipinski definition) is 2. The van der Waals surface area contributed by atoms with Crippen LogP contribution in [0.3, 0.4) is 0 Å². The molecule has 0 aliphatic carbocycles. The zero-order chi connectivity index (χ0) is 17.7. The van der Waals surface area contributed by atoms with Gasteiger partial charge in [0.2, 0.25) is 11.8 Å². The van der Waals surface area contributed by atoms with Gasteiger partial charge in [-0.05, 0) is 26.0 Å². The van der Waals surface area contributed by atoms with Crippen molar-refractivity contribution in [2.24, 2.45) is 0 Å². The third-order valence-corrected chi connectivity index (χ3v) is 2.89. The van der Waals surface area contributed by atoms with Crippen LogP contribution < -0.4 is 15.4 Å². The zero-order valence-electron chi connectivity index (χ0n) is 13.0. The molecule has 1 atom stereocenters. The first-order chi connectivity index (χ1) is 11.2. The Bertz CT molecular complexity index is 701. The normalized spacial score (nSPS) is 12.5. The number of aromatic nitrogens is 1. The van der Waals surface area contributed by atoms with Gasteiger partial charge in [-0.25, -0.2) is 0 Å². The molecular formula is C15H16F3N3O3. The quantitative estimate of drug-likeness (QED) is 0.841. The molecule has 6 nitrogen and oxygen atoms in total. The molecule has 2 N–H and O–H groups in total. The number of anilines is 2. The summed E-state index contributed by atoms with van der Waals surface area (Å²) in [6.45, 7) is 1.94. The highest BCUT2D eigenvalue weighted by atomic mass is 19.4. The lowest BCUT2D eigenvalue weighted by molar-refractivity contribution is -0.153. The van der Waals surface area contributed by atoms with Gasteiger partial charge in [-0.2, -0.15) is 13.2 Å². The van der Waals surface area contributed by atoms with E-state index >= 15 is 0 Å². The van der Waals surface area contributed by atoms with Crippen molar-refractivity contribution in [3.63, 3.8) is 0 Å². The fraction of sp³-hybridized carbons (Fsp3) is 0.333. The molecule has 2 aromatic rings. The van der Waals surface area contributed by atoms with Crippen LogP contribution in [-0.4, -0.2) is 29.9 Å². The maximum Gasteiger partial charge on any atom is 0.422 e. The minimum absolute atomic E-state index is 0.0517. The summed E-state index contributed by atoms with van der Waals surface area (Å²) in [6.07, 6.45) is -4.41. The van der Waals surface area contributed by atoms with Crippen molar-refractivity contribution in [2.75, 3.05) is 17.2 Å². The molecule has 0 aliphatic rings. The van der Waals surface area contributed by atoms with Crippen LogP contribution in [0.5, 0.6) is 5.75 Å². The third-order valence-electron chi connectivity index (χ3n) is 2.89. The minimum Gasteiger partial charge on any atom is -0.484 e. The average molecular weight is 343 g/mol. The summed E-state index contributed by atoms with van der Waals surface area (Å²) in [4.78, 5) is 12.0. The van der Waals surface area contributed by atoms with E-state index in [1.54, 1.807) is 26.0 Å². The molecular weight excluding hydrogens is 327 g/mol. The monoisotopic (exact) mass is 343 g/mol. The molecule has 24 heavy (non-hydrogen) atoms. The SMILES string of the molecule is Cc1cc(NC(=O)C(C)Nc2cccc(OCC(F)(F)F)c2)on1. The Hall–Kier alpha value is -2.71. The molecule has 0 aliphatic heterocycles. The summed E-state index contributed by atoms with van der Waals surface area (Å²) in [5.41, 5.74) is 1.08. The van der Waals surface area contributed by atoms with E-state index in [1.807, 2.05) is 0 Å². The molecule has 9 heteroatoms. The van der Waals surface area contributed by atoms with Gasteiger partial charge in [0.05, 0.1) is 5.69 Å². The number of nitrogens with one attached hydrogen (secondary N) is 2. The van der Waals surface area contributed by atoms with Gasteiger partial charge < -0.3 is 14.6 Å². The second-order valence-electron chi connectivity index (χ2n) is 5.12. The highest BCUT2D eigenvalue weighted by Crippen LogP contribution is 2.22. The van der Waals surface area contributed by atoms with E-state index < -0.39 is 18.8 Å². The van der Waals surface area contributed by atoms with Crippen LogP contribution in [0.4, 0.5) is 24.7 Å². The molecule has 0 fully saturated rings. The molecule has 1 amide bonds. The van der Waals surface area contributed by atoms with Crippen LogP contribution >= 0.6 is 0 Å². The lowest BCUT2D eigenvalue weighted by atomic mass is 10.2. The van der Waals surface area contributed by atoms with Gasteiger partial charge in [0.15, 0.2) is 6.61 Å². The topological polar surface area (TPSA) is 76.4 Å². The third kappa shape index (κ3) is 5.49. The van der Waals surface area contributed by atoms with Crippen LogP contribution in [-0.2, 0) is 4.79 Å². The first-order valence-electron chi connectivity index (χ1n) is 7.03. The van der Waals surface area contributed by atoms with E-state index in [-0.39, 0.29) is 17.5 Å². The molecule has 2 rings (SSSR count).